The molecule has 2 rings (SSSR count). The standard InChI is InChI=1S/C17H17N3O2/c1-11(10-18)8-15(16(19)21)20-17(22)14-7-6-12-4-2-3-5-13(12)9-14/h2-7,9,11,15H,8H2,1H3,(H2,19,21)(H,20,22)/t11-,15+/m1/s1. The highest BCUT2D eigenvalue weighted by atomic mass is 16.2. The second kappa shape index (κ2) is 6.72. The van der Waals surface area contributed by atoms with Gasteiger partial charge in [-0.25, -0.2) is 0 Å². The third kappa shape index (κ3) is 3.61. The van der Waals surface area contributed by atoms with E-state index in [0.717, 1.165) is 10.8 Å². The Hall–Kier alpha value is -2.87. The van der Waals surface area contributed by atoms with Crippen LogP contribution in [0.2, 0.25) is 0 Å². The number of amides is 2. The number of benzene rings is 2. The minimum absolute atomic E-state index is 0.200. The predicted molar refractivity (Wildman–Crippen MR) is 83.8 cm³/mol. The fourth-order valence-electron chi connectivity index (χ4n) is 2.22. The quantitative estimate of drug-likeness (QED) is 0.882. The summed E-state index contributed by atoms with van der Waals surface area (Å²) in [4.78, 5) is 23.7. The Labute approximate surface area is 128 Å². The summed E-state index contributed by atoms with van der Waals surface area (Å²) in [5, 5.41) is 13.4. The fourth-order valence-corrected chi connectivity index (χ4v) is 2.22. The van der Waals surface area contributed by atoms with Gasteiger partial charge in [-0.3, -0.25) is 9.59 Å². The molecule has 0 bridgehead atoms. The Morgan fingerprint density at radius 2 is 1.91 bits per heavy atom. The van der Waals surface area contributed by atoms with Crippen molar-refractivity contribution >= 4 is 22.6 Å². The first-order chi connectivity index (χ1) is 10.5. The molecule has 0 aromatic heterocycles. The van der Waals surface area contributed by atoms with Gasteiger partial charge in [0.25, 0.3) is 5.91 Å². The van der Waals surface area contributed by atoms with Gasteiger partial charge in [-0.1, -0.05) is 30.3 Å². The number of fused-ring (bicyclic) bond motifs is 1. The number of carbonyl (C=O) groups is 2. The third-order valence-electron chi connectivity index (χ3n) is 3.47. The molecule has 0 unspecified atom stereocenters. The van der Waals surface area contributed by atoms with Gasteiger partial charge >= 0.3 is 0 Å². The monoisotopic (exact) mass is 295 g/mol. The second-order valence-electron chi connectivity index (χ2n) is 5.26. The van der Waals surface area contributed by atoms with E-state index in [1.807, 2.05) is 36.4 Å². The molecule has 2 atom stereocenters. The lowest BCUT2D eigenvalue weighted by Crippen LogP contribution is -2.45. The summed E-state index contributed by atoms with van der Waals surface area (Å²) in [5.74, 6) is -1.38. The fraction of sp³-hybridized carbons (Fsp3) is 0.235. The highest BCUT2D eigenvalue weighted by Crippen LogP contribution is 2.16. The molecule has 0 aliphatic heterocycles. The molecule has 3 N–H and O–H groups in total. The maximum atomic E-state index is 12.3. The van der Waals surface area contributed by atoms with Crippen molar-refractivity contribution in [1.82, 2.24) is 5.32 Å². The summed E-state index contributed by atoms with van der Waals surface area (Å²) in [7, 11) is 0. The van der Waals surface area contributed by atoms with Crippen LogP contribution in [-0.4, -0.2) is 17.9 Å². The topological polar surface area (TPSA) is 96.0 Å². The number of hydrogen-bond donors (Lipinski definition) is 2. The van der Waals surface area contributed by atoms with E-state index in [1.54, 1.807) is 19.1 Å². The zero-order chi connectivity index (χ0) is 16.1. The number of nitriles is 1. The zero-order valence-corrected chi connectivity index (χ0v) is 12.2. The summed E-state index contributed by atoms with van der Waals surface area (Å²) >= 11 is 0. The summed E-state index contributed by atoms with van der Waals surface area (Å²) in [6.45, 7) is 1.68. The van der Waals surface area contributed by atoms with E-state index in [4.69, 9.17) is 11.0 Å². The van der Waals surface area contributed by atoms with Gasteiger partial charge in [0.1, 0.15) is 6.04 Å². The second-order valence-corrected chi connectivity index (χ2v) is 5.26. The van der Waals surface area contributed by atoms with E-state index in [-0.39, 0.29) is 18.2 Å². The largest absolute Gasteiger partial charge is 0.368 e. The van der Waals surface area contributed by atoms with Crippen molar-refractivity contribution in [3.63, 3.8) is 0 Å². The molecule has 2 aromatic carbocycles. The normalized spacial score (nSPS) is 13.1. The number of nitrogens with one attached hydrogen (secondary N) is 1. The van der Waals surface area contributed by atoms with Gasteiger partial charge in [0, 0.05) is 11.5 Å². The van der Waals surface area contributed by atoms with Crippen LogP contribution in [-0.2, 0) is 4.79 Å². The molecule has 2 aromatic rings. The Balaban J connectivity index is 2.18. The number of nitrogens with two attached hydrogens (primary N) is 1. The zero-order valence-electron chi connectivity index (χ0n) is 12.2. The van der Waals surface area contributed by atoms with Gasteiger partial charge < -0.3 is 11.1 Å². The Kier molecular flexibility index (Phi) is 4.74. The molecule has 5 heteroatoms. The SMILES string of the molecule is C[C@@H](C#N)C[C@H](NC(=O)c1ccc2ccccc2c1)C(N)=O. The molecular formula is C17H17N3O2. The minimum atomic E-state index is -0.853. The molecule has 0 heterocycles. The van der Waals surface area contributed by atoms with Gasteiger partial charge in [0.15, 0.2) is 0 Å². The molecule has 0 aliphatic rings. The van der Waals surface area contributed by atoms with Gasteiger partial charge in [-0.05, 0) is 36.2 Å². The lowest BCUT2D eigenvalue weighted by molar-refractivity contribution is -0.120. The van der Waals surface area contributed by atoms with Crippen LogP contribution in [0.1, 0.15) is 23.7 Å². The summed E-state index contributed by atoms with van der Waals surface area (Å²) in [6, 6.07) is 14.2. The molecule has 5 nitrogen and oxygen atoms in total. The Morgan fingerprint density at radius 1 is 1.23 bits per heavy atom. The van der Waals surface area contributed by atoms with Crippen molar-refractivity contribution in [2.45, 2.75) is 19.4 Å². The number of carbonyl (C=O) groups excluding carboxylic acids is 2. The molecule has 0 fully saturated rings. The smallest absolute Gasteiger partial charge is 0.251 e. The van der Waals surface area contributed by atoms with Crippen molar-refractivity contribution in [2.75, 3.05) is 0 Å². The summed E-state index contributed by atoms with van der Waals surface area (Å²) in [6.07, 6.45) is 0.200. The average molecular weight is 295 g/mol. The number of rotatable bonds is 5. The minimum Gasteiger partial charge on any atom is -0.368 e. The van der Waals surface area contributed by atoms with Crippen LogP contribution in [0.5, 0.6) is 0 Å². The van der Waals surface area contributed by atoms with E-state index in [9.17, 15) is 9.59 Å². The summed E-state index contributed by atoms with van der Waals surface area (Å²) in [5.41, 5.74) is 5.75. The lowest BCUT2D eigenvalue weighted by atomic mass is 10.0. The maximum absolute atomic E-state index is 12.3. The molecule has 0 saturated carbocycles. The Bertz CT molecular complexity index is 749. The van der Waals surface area contributed by atoms with E-state index >= 15 is 0 Å². The first kappa shape index (κ1) is 15.5. The van der Waals surface area contributed by atoms with Crippen LogP contribution in [0.3, 0.4) is 0 Å². The molecule has 0 spiro atoms. The highest BCUT2D eigenvalue weighted by molar-refractivity contribution is 6.00. The van der Waals surface area contributed by atoms with E-state index in [2.05, 4.69) is 5.32 Å². The van der Waals surface area contributed by atoms with Crippen LogP contribution < -0.4 is 11.1 Å². The molecule has 22 heavy (non-hydrogen) atoms. The molecular weight excluding hydrogens is 278 g/mol. The summed E-state index contributed by atoms with van der Waals surface area (Å²) < 4.78 is 0. The molecule has 0 saturated heterocycles. The van der Waals surface area contributed by atoms with Crippen molar-refractivity contribution in [1.29, 1.82) is 5.26 Å². The number of primary amides is 1. The highest BCUT2D eigenvalue weighted by Gasteiger charge is 2.21. The molecule has 0 radical (unpaired) electrons. The first-order valence-corrected chi connectivity index (χ1v) is 7.00. The van der Waals surface area contributed by atoms with Crippen molar-refractivity contribution < 1.29 is 9.59 Å². The van der Waals surface area contributed by atoms with Gasteiger partial charge in [0.05, 0.1) is 6.07 Å². The first-order valence-electron chi connectivity index (χ1n) is 7.00. The average Bonchev–Trinajstić information content (AvgIpc) is 2.53. The van der Waals surface area contributed by atoms with Crippen molar-refractivity contribution in [3.05, 3.63) is 48.0 Å². The molecule has 2 amide bonds. The van der Waals surface area contributed by atoms with Gasteiger partial charge in [-0.2, -0.15) is 5.26 Å². The van der Waals surface area contributed by atoms with Crippen LogP contribution in [0, 0.1) is 17.2 Å². The van der Waals surface area contributed by atoms with Gasteiger partial charge in [-0.15, -0.1) is 0 Å². The third-order valence-corrected chi connectivity index (χ3v) is 3.47. The van der Waals surface area contributed by atoms with Gasteiger partial charge in [0.2, 0.25) is 5.91 Å². The van der Waals surface area contributed by atoms with Crippen LogP contribution in [0.4, 0.5) is 0 Å². The lowest BCUT2D eigenvalue weighted by Gasteiger charge is -2.16. The van der Waals surface area contributed by atoms with Crippen molar-refractivity contribution in [3.8, 4) is 6.07 Å². The van der Waals surface area contributed by atoms with E-state index in [0.29, 0.717) is 5.56 Å². The van der Waals surface area contributed by atoms with Crippen molar-refractivity contribution in [2.24, 2.45) is 11.7 Å². The van der Waals surface area contributed by atoms with Crippen LogP contribution >= 0.6 is 0 Å². The van der Waals surface area contributed by atoms with E-state index < -0.39 is 11.9 Å². The number of hydrogen-bond acceptors (Lipinski definition) is 3. The number of nitrogens with zero attached hydrogens (tertiary/aromatic N) is 1. The predicted octanol–water partition coefficient (Wildman–Crippen LogP) is 1.97. The van der Waals surface area contributed by atoms with Crippen LogP contribution in [0.15, 0.2) is 42.5 Å². The molecule has 112 valence electrons. The van der Waals surface area contributed by atoms with E-state index in [1.165, 1.54) is 0 Å². The maximum Gasteiger partial charge on any atom is 0.251 e. The Morgan fingerprint density at radius 3 is 2.55 bits per heavy atom. The van der Waals surface area contributed by atoms with Crippen LogP contribution in [0.25, 0.3) is 10.8 Å². The molecule has 0 aliphatic carbocycles.